The topological polar surface area (TPSA) is 50.6 Å². The minimum absolute atomic E-state index is 0. The second kappa shape index (κ2) is 10.7. The number of nitrogens with zero attached hydrogens (tertiary/aromatic N) is 2. The Morgan fingerprint density at radius 1 is 1.24 bits per heavy atom. The molecule has 0 spiro atoms. The Kier molecular flexibility index (Phi) is 8.54. The number of fused-ring (bicyclic) bond motifs is 1. The van der Waals surface area contributed by atoms with E-state index in [2.05, 4.69) is 56.7 Å². The van der Waals surface area contributed by atoms with E-state index < -0.39 is 0 Å². The van der Waals surface area contributed by atoms with E-state index in [0.29, 0.717) is 6.10 Å². The van der Waals surface area contributed by atoms with Gasteiger partial charge in [0.05, 0.1) is 6.10 Å². The Labute approximate surface area is 167 Å². The summed E-state index contributed by atoms with van der Waals surface area (Å²) >= 11 is 0. The van der Waals surface area contributed by atoms with Gasteiger partial charge in [0.1, 0.15) is 0 Å². The number of rotatable bonds is 7. The molecule has 0 aliphatic carbocycles. The summed E-state index contributed by atoms with van der Waals surface area (Å²) in [7, 11) is 1.82. The second-order valence-corrected chi connectivity index (χ2v) is 6.27. The van der Waals surface area contributed by atoms with Gasteiger partial charge < -0.3 is 19.9 Å². The molecule has 0 saturated carbocycles. The van der Waals surface area contributed by atoms with Gasteiger partial charge in [0.25, 0.3) is 0 Å². The van der Waals surface area contributed by atoms with Gasteiger partial charge >= 0.3 is 0 Å². The lowest BCUT2D eigenvalue weighted by molar-refractivity contribution is 0.105. The highest BCUT2D eigenvalue weighted by Gasteiger charge is 2.14. The van der Waals surface area contributed by atoms with Crippen molar-refractivity contribution in [2.24, 2.45) is 4.99 Å². The largest absolute Gasteiger partial charge is 0.378 e. The van der Waals surface area contributed by atoms with E-state index in [1.165, 1.54) is 23.7 Å². The molecule has 2 heterocycles. The number of aromatic nitrogens is 1. The predicted octanol–water partition coefficient (Wildman–Crippen LogP) is 3.38. The molecule has 0 bridgehead atoms. The third-order valence-electron chi connectivity index (χ3n) is 4.55. The smallest absolute Gasteiger partial charge is 0.190 e. The summed E-state index contributed by atoms with van der Waals surface area (Å²) in [5, 5.41) is 8.06. The SMILES string of the molecule is CN=C(NCCCn1ccc2ccccc21)NCCC1CCCO1.I. The summed E-state index contributed by atoms with van der Waals surface area (Å²) in [5.74, 6) is 0.880. The van der Waals surface area contributed by atoms with Gasteiger partial charge in [-0.05, 0) is 43.2 Å². The fraction of sp³-hybridized carbons (Fsp3) is 0.526. The highest BCUT2D eigenvalue weighted by molar-refractivity contribution is 14.0. The molecule has 5 nitrogen and oxygen atoms in total. The first kappa shape index (κ1) is 20.0. The Balaban J connectivity index is 0.00000225. The summed E-state index contributed by atoms with van der Waals surface area (Å²) in [5.41, 5.74) is 1.30. The monoisotopic (exact) mass is 456 g/mol. The van der Waals surface area contributed by atoms with Crippen molar-refractivity contribution in [1.82, 2.24) is 15.2 Å². The highest BCUT2D eigenvalue weighted by atomic mass is 127. The molecule has 0 radical (unpaired) electrons. The number of hydrogen-bond acceptors (Lipinski definition) is 2. The second-order valence-electron chi connectivity index (χ2n) is 6.27. The number of benzene rings is 1. The van der Waals surface area contributed by atoms with E-state index in [1.54, 1.807) is 0 Å². The van der Waals surface area contributed by atoms with Crippen LogP contribution >= 0.6 is 24.0 Å². The molecule has 2 aromatic rings. The van der Waals surface area contributed by atoms with Gasteiger partial charge in [-0.3, -0.25) is 4.99 Å². The fourth-order valence-corrected chi connectivity index (χ4v) is 3.24. The first-order valence-electron chi connectivity index (χ1n) is 8.97. The lowest BCUT2D eigenvalue weighted by Crippen LogP contribution is -2.39. The normalized spacial score (nSPS) is 17.5. The van der Waals surface area contributed by atoms with Crippen LogP contribution in [-0.4, -0.2) is 43.4 Å². The molecular formula is C19H29IN4O. The Hall–Kier alpha value is -1.28. The van der Waals surface area contributed by atoms with Crippen molar-refractivity contribution < 1.29 is 4.74 Å². The molecule has 1 aliphatic rings. The lowest BCUT2D eigenvalue weighted by atomic mass is 10.2. The number of hydrogen-bond donors (Lipinski definition) is 2. The Bertz CT molecular complexity index is 664. The van der Waals surface area contributed by atoms with Crippen LogP contribution in [0.4, 0.5) is 0 Å². The zero-order chi connectivity index (χ0) is 16.6. The van der Waals surface area contributed by atoms with E-state index in [0.717, 1.165) is 45.0 Å². The van der Waals surface area contributed by atoms with Crippen LogP contribution in [0.25, 0.3) is 10.9 Å². The van der Waals surface area contributed by atoms with Crippen molar-refractivity contribution in [3.05, 3.63) is 36.5 Å². The number of halogens is 1. The summed E-state index contributed by atoms with van der Waals surface area (Å²) < 4.78 is 7.95. The summed E-state index contributed by atoms with van der Waals surface area (Å²) in [6.07, 6.45) is 7.10. The van der Waals surface area contributed by atoms with Crippen LogP contribution in [0.2, 0.25) is 0 Å². The summed E-state index contributed by atoms with van der Waals surface area (Å²) in [4.78, 5) is 4.28. The van der Waals surface area contributed by atoms with Crippen LogP contribution in [0.5, 0.6) is 0 Å². The van der Waals surface area contributed by atoms with Gasteiger partial charge in [0, 0.05) is 45.0 Å². The molecule has 1 fully saturated rings. The van der Waals surface area contributed by atoms with Gasteiger partial charge in [-0.25, -0.2) is 0 Å². The van der Waals surface area contributed by atoms with E-state index >= 15 is 0 Å². The molecule has 1 saturated heterocycles. The molecule has 1 unspecified atom stereocenters. The minimum atomic E-state index is 0. The number of nitrogens with one attached hydrogen (secondary N) is 2. The zero-order valence-corrected chi connectivity index (χ0v) is 17.2. The summed E-state index contributed by atoms with van der Waals surface area (Å²) in [6.45, 7) is 3.75. The van der Waals surface area contributed by atoms with E-state index in [4.69, 9.17) is 4.74 Å². The quantitative estimate of drug-likeness (QED) is 0.291. The molecule has 6 heteroatoms. The molecule has 25 heavy (non-hydrogen) atoms. The molecular weight excluding hydrogens is 427 g/mol. The molecule has 1 aromatic heterocycles. The van der Waals surface area contributed by atoms with Crippen molar-refractivity contribution in [1.29, 1.82) is 0 Å². The predicted molar refractivity (Wildman–Crippen MR) is 115 cm³/mol. The Morgan fingerprint density at radius 3 is 2.88 bits per heavy atom. The average Bonchev–Trinajstić information content (AvgIpc) is 3.27. The maximum absolute atomic E-state index is 5.64. The van der Waals surface area contributed by atoms with Crippen LogP contribution < -0.4 is 10.6 Å². The third kappa shape index (κ3) is 5.88. The number of aryl methyl sites for hydroxylation is 1. The third-order valence-corrected chi connectivity index (χ3v) is 4.55. The molecule has 3 rings (SSSR count). The molecule has 2 N–H and O–H groups in total. The van der Waals surface area contributed by atoms with Crippen molar-refractivity contribution in [2.75, 3.05) is 26.7 Å². The standard InChI is InChI=1S/C19H28N4O.HI/c1-20-19(22-12-9-17-7-4-15-24-17)21-11-5-13-23-14-10-16-6-2-3-8-18(16)23;/h2-3,6,8,10,14,17H,4-5,7,9,11-13,15H2,1H3,(H2,20,21,22);1H. The molecule has 1 aromatic carbocycles. The van der Waals surface area contributed by atoms with Gasteiger partial charge in [0.2, 0.25) is 0 Å². The molecule has 0 amide bonds. The van der Waals surface area contributed by atoms with Crippen molar-refractivity contribution >= 4 is 40.8 Å². The molecule has 1 atom stereocenters. The molecule has 1 aliphatic heterocycles. The summed E-state index contributed by atoms with van der Waals surface area (Å²) in [6, 6.07) is 10.7. The van der Waals surface area contributed by atoms with Gasteiger partial charge in [-0.1, -0.05) is 18.2 Å². The van der Waals surface area contributed by atoms with Crippen LogP contribution in [0, 0.1) is 0 Å². The Morgan fingerprint density at radius 2 is 2.08 bits per heavy atom. The average molecular weight is 456 g/mol. The number of para-hydroxylation sites is 1. The van der Waals surface area contributed by atoms with Crippen molar-refractivity contribution in [2.45, 2.75) is 38.3 Å². The van der Waals surface area contributed by atoms with Crippen LogP contribution in [-0.2, 0) is 11.3 Å². The number of guanidine groups is 1. The van der Waals surface area contributed by atoms with E-state index in [1.807, 2.05) is 7.05 Å². The van der Waals surface area contributed by atoms with Crippen LogP contribution in [0.3, 0.4) is 0 Å². The minimum Gasteiger partial charge on any atom is -0.378 e. The van der Waals surface area contributed by atoms with Gasteiger partial charge in [-0.15, -0.1) is 24.0 Å². The maximum atomic E-state index is 5.64. The number of ether oxygens (including phenoxy) is 1. The van der Waals surface area contributed by atoms with Crippen molar-refractivity contribution in [3.63, 3.8) is 0 Å². The van der Waals surface area contributed by atoms with Crippen LogP contribution in [0.15, 0.2) is 41.5 Å². The van der Waals surface area contributed by atoms with E-state index in [9.17, 15) is 0 Å². The lowest BCUT2D eigenvalue weighted by Gasteiger charge is -2.14. The van der Waals surface area contributed by atoms with Gasteiger partial charge in [-0.2, -0.15) is 0 Å². The van der Waals surface area contributed by atoms with Crippen LogP contribution in [0.1, 0.15) is 25.7 Å². The molecule has 138 valence electrons. The van der Waals surface area contributed by atoms with Crippen molar-refractivity contribution in [3.8, 4) is 0 Å². The highest BCUT2D eigenvalue weighted by Crippen LogP contribution is 2.15. The zero-order valence-electron chi connectivity index (χ0n) is 14.9. The number of aliphatic imine (C=N–C) groups is 1. The maximum Gasteiger partial charge on any atom is 0.190 e. The van der Waals surface area contributed by atoms with E-state index in [-0.39, 0.29) is 24.0 Å². The van der Waals surface area contributed by atoms with Gasteiger partial charge in [0.15, 0.2) is 5.96 Å². The first-order chi connectivity index (χ1) is 11.9. The first-order valence-corrected chi connectivity index (χ1v) is 8.97. The fourth-order valence-electron chi connectivity index (χ4n) is 3.24.